The van der Waals surface area contributed by atoms with Crippen molar-refractivity contribution in [2.24, 2.45) is 11.8 Å². The Morgan fingerprint density at radius 1 is 1.42 bits per heavy atom. The van der Waals surface area contributed by atoms with E-state index in [9.17, 15) is 4.79 Å². The molecule has 2 nitrogen and oxygen atoms in total. The van der Waals surface area contributed by atoms with Crippen LogP contribution < -0.4 is 0 Å². The van der Waals surface area contributed by atoms with Gasteiger partial charge in [0.25, 0.3) is 0 Å². The molecule has 0 bridgehead atoms. The van der Waals surface area contributed by atoms with Crippen molar-refractivity contribution in [3.63, 3.8) is 0 Å². The number of aliphatic carboxylic acids is 1. The molecule has 0 fully saturated rings. The highest BCUT2D eigenvalue weighted by Crippen LogP contribution is 2.18. The van der Waals surface area contributed by atoms with Crippen LogP contribution in [0.3, 0.4) is 0 Å². The monoisotopic (exact) mass is 192 g/mol. The summed E-state index contributed by atoms with van der Waals surface area (Å²) in [6.45, 7) is 3.89. The molecule has 0 aliphatic carbocycles. The van der Waals surface area contributed by atoms with Crippen LogP contribution in [0.4, 0.5) is 0 Å². The smallest absolute Gasteiger partial charge is 0.306 e. The van der Waals surface area contributed by atoms with E-state index in [2.05, 4.69) is 0 Å². The fraction of sp³-hybridized carbons (Fsp3) is 0.889. The van der Waals surface area contributed by atoms with Crippen LogP contribution in [0.2, 0.25) is 0 Å². The number of carbonyl (C=O) groups is 1. The van der Waals surface area contributed by atoms with Gasteiger partial charge in [-0.05, 0) is 18.8 Å². The second-order valence-corrected chi connectivity index (χ2v) is 3.75. The summed E-state index contributed by atoms with van der Waals surface area (Å²) in [5.41, 5.74) is 0. The zero-order valence-electron chi connectivity index (χ0n) is 7.72. The number of hydrogen-bond acceptors (Lipinski definition) is 1. The Morgan fingerprint density at radius 3 is 2.33 bits per heavy atom. The predicted molar refractivity (Wildman–Crippen MR) is 50.5 cm³/mol. The summed E-state index contributed by atoms with van der Waals surface area (Å²) < 4.78 is 0. The molecule has 0 aromatic carbocycles. The lowest BCUT2D eigenvalue weighted by molar-refractivity contribution is -0.143. The summed E-state index contributed by atoms with van der Waals surface area (Å²) in [7, 11) is 0. The van der Waals surface area contributed by atoms with Crippen LogP contribution in [0, 0.1) is 11.8 Å². The van der Waals surface area contributed by atoms with E-state index < -0.39 is 5.97 Å². The van der Waals surface area contributed by atoms with Crippen molar-refractivity contribution in [1.29, 1.82) is 0 Å². The van der Waals surface area contributed by atoms with Crippen LogP contribution in [0.1, 0.15) is 33.1 Å². The van der Waals surface area contributed by atoms with Gasteiger partial charge in [-0.15, -0.1) is 11.6 Å². The van der Waals surface area contributed by atoms with Gasteiger partial charge in [0.15, 0.2) is 0 Å². The fourth-order valence-electron chi connectivity index (χ4n) is 1.20. The molecule has 12 heavy (non-hydrogen) atoms. The molecular weight excluding hydrogens is 176 g/mol. The van der Waals surface area contributed by atoms with Gasteiger partial charge in [-0.3, -0.25) is 4.79 Å². The van der Waals surface area contributed by atoms with Gasteiger partial charge < -0.3 is 5.11 Å². The third-order valence-corrected chi connectivity index (χ3v) is 2.29. The molecular formula is C9H17ClO2. The van der Waals surface area contributed by atoms with Crippen molar-refractivity contribution in [2.75, 3.05) is 5.88 Å². The maximum absolute atomic E-state index is 10.7. The maximum Gasteiger partial charge on any atom is 0.306 e. The van der Waals surface area contributed by atoms with E-state index in [0.29, 0.717) is 5.88 Å². The Bertz CT molecular complexity index is 134. The molecule has 0 aromatic heterocycles. The van der Waals surface area contributed by atoms with Crippen molar-refractivity contribution in [1.82, 2.24) is 0 Å². The Kier molecular flexibility index (Phi) is 6.17. The van der Waals surface area contributed by atoms with Crippen LogP contribution in [0.15, 0.2) is 0 Å². The molecule has 1 N–H and O–H groups in total. The molecule has 1 unspecified atom stereocenters. The molecule has 0 radical (unpaired) electrons. The van der Waals surface area contributed by atoms with Gasteiger partial charge in [0, 0.05) is 5.88 Å². The zero-order valence-corrected chi connectivity index (χ0v) is 8.47. The van der Waals surface area contributed by atoms with Crippen molar-refractivity contribution in [3.05, 3.63) is 0 Å². The van der Waals surface area contributed by atoms with Crippen molar-refractivity contribution in [2.45, 2.75) is 33.1 Å². The third-order valence-electron chi connectivity index (χ3n) is 2.02. The first kappa shape index (κ1) is 11.8. The Morgan fingerprint density at radius 2 is 2.00 bits per heavy atom. The Balaban J connectivity index is 3.72. The molecule has 0 saturated carbocycles. The van der Waals surface area contributed by atoms with E-state index in [1.807, 2.05) is 13.8 Å². The summed E-state index contributed by atoms with van der Waals surface area (Å²) >= 11 is 5.50. The number of alkyl halides is 1. The zero-order chi connectivity index (χ0) is 9.56. The highest BCUT2D eigenvalue weighted by Gasteiger charge is 2.20. The third kappa shape index (κ3) is 4.60. The van der Waals surface area contributed by atoms with E-state index in [-0.39, 0.29) is 11.8 Å². The number of hydrogen-bond donors (Lipinski definition) is 1. The molecule has 0 amide bonds. The lowest BCUT2D eigenvalue weighted by Crippen LogP contribution is -2.19. The van der Waals surface area contributed by atoms with Gasteiger partial charge in [0.2, 0.25) is 0 Å². The van der Waals surface area contributed by atoms with E-state index in [4.69, 9.17) is 16.7 Å². The van der Waals surface area contributed by atoms with Crippen LogP contribution in [-0.2, 0) is 4.79 Å². The van der Waals surface area contributed by atoms with Gasteiger partial charge in [0.05, 0.1) is 5.92 Å². The largest absolute Gasteiger partial charge is 0.481 e. The van der Waals surface area contributed by atoms with Crippen LogP contribution in [0.25, 0.3) is 0 Å². The molecule has 72 valence electrons. The summed E-state index contributed by atoms with van der Waals surface area (Å²) in [4.78, 5) is 10.7. The molecule has 0 rings (SSSR count). The Hall–Kier alpha value is -0.240. The highest BCUT2D eigenvalue weighted by molar-refractivity contribution is 6.17. The average molecular weight is 193 g/mol. The average Bonchev–Trinajstić information content (AvgIpc) is 1.96. The van der Waals surface area contributed by atoms with Gasteiger partial charge in [-0.25, -0.2) is 0 Å². The molecule has 0 aliphatic heterocycles. The summed E-state index contributed by atoms with van der Waals surface area (Å²) in [6, 6.07) is 0. The normalized spacial score (nSPS) is 13.3. The van der Waals surface area contributed by atoms with Crippen molar-refractivity contribution in [3.8, 4) is 0 Å². The van der Waals surface area contributed by atoms with E-state index >= 15 is 0 Å². The van der Waals surface area contributed by atoms with E-state index in [1.54, 1.807) is 0 Å². The number of unbranched alkanes of at least 4 members (excludes halogenated alkanes) is 1. The van der Waals surface area contributed by atoms with E-state index in [0.717, 1.165) is 19.3 Å². The summed E-state index contributed by atoms with van der Waals surface area (Å²) in [5, 5.41) is 8.81. The van der Waals surface area contributed by atoms with E-state index in [1.165, 1.54) is 0 Å². The number of carboxylic acids is 1. The topological polar surface area (TPSA) is 37.3 Å². The van der Waals surface area contributed by atoms with Crippen molar-refractivity contribution < 1.29 is 9.90 Å². The minimum atomic E-state index is -0.681. The molecule has 0 spiro atoms. The SMILES string of the molecule is CC(C)C(CCCCCl)C(=O)O. The fourth-order valence-corrected chi connectivity index (χ4v) is 1.39. The lowest BCUT2D eigenvalue weighted by atomic mass is 9.91. The van der Waals surface area contributed by atoms with Crippen LogP contribution in [0.5, 0.6) is 0 Å². The number of halogens is 1. The summed E-state index contributed by atoms with van der Waals surface area (Å²) in [5.74, 6) is -0.0321. The molecule has 0 saturated heterocycles. The number of rotatable bonds is 6. The molecule has 3 heteroatoms. The highest BCUT2D eigenvalue weighted by atomic mass is 35.5. The standard InChI is InChI=1S/C9H17ClO2/c1-7(2)8(9(11)12)5-3-4-6-10/h7-8H,3-6H2,1-2H3,(H,11,12). The number of carboxylic acid groups (broad SMARTS) is 1. The molecule has 0 aliphatic rings. The van der Waals surface area contributed by atoms with Gasteiger partial charge in [0.1, 0.15) is 0 Å². The van der Waals surface area contributed by atoms with Gasteiger partial charge in [-0.1, -0.05) is 20.3 Å². The first-order chi connectivity index (χ1) is 5.59. The molecule has 1 atom stereocenters. The first-order valence-electron chi connectivity index (χ1n) is 4.38. The van der Waals surface area contributed by atoms with Crippen LogP contribution >= 0.6 is 11.6 Å². The van der Waals surface area contributed by atoms with Crippen LogP contribution in [-0.4, -0.2) is 17.0 Å². The Labute approximate surface area is 78.9 Å². The quantitative estimate of drug-likeness (QED) is 0.519. The summed E-state index contributed by atoms with van der Waals surface area (Å²) in [6.07, 6.45) is 2.58. The van der Waals surface area contributed by atoms with Gasteiger partial charge in [-0.2, -0.15) is 0 Å². The second-order valence-electron chi connectivity index (χ2n) is 3.37. The first-order valence-corrected chi connectivity index (χ1v) is 4.91. The second kappa shape index (κ2) is 6.30. The van der Waals surface area contributed by atoms with Crippen molar-refractivity contribution >= 4 is 17.6 Å². The van der Waals surface area contributed by atoms with Gasteiger partial charge >= 0.3 is 5.97 Å². The maximum atomic E-state index is 10.7. The molecule has 0 heterocycles. The predicted octanol–water partition coefficient (Wildman–Crippen LogP) is 2.75. The lowest BCUT2D eigenvalue weighted by Gasteiger charge is -2.15. The molecule has 0 aromatic rings. The minimum Gasteiger partial charge on any atom is -0.481 e. The minimum absolute atomic E-state index is 0.201.